The minimum absolute atomic E-state index is 0.436. The lowest BCUT2D eigenvalue weighted by molar-refractivity contribution is -0.343. The lowest BCUT2D eigenvalue weighted by Crippen LogP contribution is -2.00. The molecule has 0 fully saturated rings. The molecule has 0 amide bonds. The van der Waals surface area contributed by atoms with Crippen molar-refractivity contribution in [3.63, 3.8) is 0 Å². The molecule has 2 nitrogen and oxygen atoms in total. The fraction of sp³-hybridized carbons (Fsp3) is 0. The number of nitrogens with one attached hydrogen (secondary N) is 2. The zero-order valence-corrected chi connectivity index (χ0v) is 6.96. The first kappa shape index (κ1) is 5.75. The fourth-order valence-corrected chi connectivity index (χ4v) is 1.67. The summed E-state index contributed by atoms with van der Waals surface area (Å²) in [4.78, 5) is 6.22. The molecule has 2 heterocycles. The van der Waals surface area contributed by atoms with Crippen LogP contribution in [-0.4, -0.2) is 4.98 Å². The van der Waals surface area contributed by atoms with E-state index in [2.05, 4.69) is 16.0 Å². The zero-order valence-electron chi connectivity index (χ0n) is 7.96. The summed E-state index contributed by atoms with van der Waals surface area (Å²) in [6.45, 7) is 0. The summed E-state index contributed by atoms with van der Waals surface area (Å²) in [7, 11) is 0. The zero-order chi connectivity index (χ0) is 9.54. The molecule has 0 saturated heterocycles. The van der Waals surface area contributed by atoms with Crippen molar-refractivity contribution in [1.82, 2.24) is 4.98 Å². The number of pyridine rings is 1. The van der Waals surface area contributed by atoms with Crippen molar-refractivity contribution in [2.45, 2.75) is 0 Å². The Hall–Kier alpha value is -1.83. The molecule has 0 aliphatic carbocycles. The molecule has 3 rings (SSSR count). The van der Waals surface area contributed by atoms with Crippen LogP contribution in [-0.2, 0) is 0 Å². The van der Waals surface area contributed by atoms with E-state index in [0.717, 1.165) is 21.8 Å². The van der Waals surface area contributed by atoms with E-state index in [9.17, 15) is 0 Å². The van der Waals surface area contributed by atoms with Gasteiger partial charge in [-0.15, -0.1) is 0 Å². The van der Waals surface area contributed by atoms with Crippen LogP contribution in [0.25, 0.3) is 21.8 Å². The van der Waals surface area contributed by atoms with E-state index in [-0.39, 0.29) is 0 Å². The highest BCUT2D eigenvalue weighted by molar-refractivity contribution is 6.01. The van der Waals surface area contributed by atoms with Crippen molar-refractivity contribution in [3.05, 3.63) is 42.7 Å². The predicted molar refractivity (Wildman–Crippen MR) is 52.4 cm³/mol. The first-order valence-electron chi connectivity index (χ1n) is 4.73. The summed E-state index contributed by atoms with van der Waals surface area (Å²) < 4.78 is 7.54. The molecule has 0 aliphatic rings. The molecular weight excluding hydrogens is 160 g/mol. The Labute approximate surface area is 76.6 Å². The van der Waals surface area contributed by atoms with E-state index in [4.69, 9.17) is 1.37 Å². The van der Waals surface area contributed by atoms with Gasteiger partial charge in [-0.25, -0.2) is 4.98 Å². The fourth-order valence-electron chi connectivity index (χ4n) is 1.67. The van der Waals surface area contributed by atoms with Gasteiger partial charge in [-0.1, -0.05) is 0 Å². The molecule has 0 aliphatic heterocycles. The number of fused-ring (bicyclic) bond motifs is 3. The second-order valence-electron chi connectivity index (χ2n) is 3.07. The van der Waals surface area contributed by atoms with Gasteiger partial charge in [-0.3, -0.25) is 0 Å². The van der Waals surface area contributed by atoms with Gasteiger partial charge < -0.3 is 4.98 Å². The van der Waals surface area contributed by atoms with Gasteiger partial charge in [-0.2, -0.15) is 0 Å². The van der Waals surface area contributed by atoms with Crippen LogP contribution in [0, 0.1) is 0 Å². The van der Waals surface area contributed by atoms with Gasteiger partial charge in [0.05, 0.1) is 10.9 Å². The maximum atomic E-state index is 7.54. The SMILES string of the molecule is [2H]c1ccc2ccc3[nH]ccc3c2[nH+]1. The molecule has 3 aromatic rings. The van der Waals surface area contributed by atoms with Crippen molar-refractivity contribution in [3.8, 4) is 0 Å². The standard InChI is InChI=1S/C11H8N2/c1-2-8-3-4-10-9(5-7-12-10)11(8)13-6-1/h1-7,12H/p+1/i6D. The maximum Gasteiger partial charge on any atom is 0.220 e. The Morgan fingerprint density at radius 3 is 3.23 bits per heavy atom. The number of aromatic nitrogens is 2. The molecule has 0 radical (unpaired) electrons. The number of rotatable bonds is 0. The van der Waals surface area contributed by atoms with E-state index >= 15 is 0 Å². The van der Waals surface area contributed by atoms with E-state index in [1.54, 1.807) is 6.07 Å². The van der Waals surface area contributed by atoms with E-state index in [1.807, 2.05) is 24.4 Å². The number of H-pyrrole nitrogens is 2. The molecule has 0 saturated carbocycles. The minimum atomic E-state index is 0.436. The van der Waals surface area contributed by atoms with Crippen molar-refractivity contribution in [2.75, 3.05) is 0 Å². The predicted octanol–water partition coefficient (Wildman–Crippen LogP) is 2.14. The molecule has 0 unspecified atom stereocenters. The smallest absolute Gasteiger partial charge is 0.220 e. The average molecular weight is 170 g/mol. The minimum Gasteiger partial charge on any atom is -0.361 e. The second-order valence-corrected chi connectivity index (χ2v) is 3.07. The molecule has 0 spiro atoms. The Morgan fingerprint density at radius 2 is 2.23 bits per heavy atom. The topological polar surface area (TPSA) is 29.9 Å². The Bertz CT molecular complexity index is 613. The van der Waals surface area contributed by atoms with Crippen LogP contribution in [0.1, 0.15) is 1.37 Å². The van der Waals surface area contributed by atoms with Gasteiger partial charge in [0, 0.05) is 17.6 Å². The van der Waals surface area contributed by atoms with Crippen molar-refractivity contribution >= 4 is 21.8 Å². The molecule has 2 heteroatoms. The van der Waals surface area contributed by atoms with E-state index in [1.165, 1.54) is 0 Å². The van der Waals surface area contributed by atoms with Gasteiger partial charge in [0.1, 0.15) is 1.37 Å². The van der Waals surface area contributed by atoms with Crippen molar-refractivity contribution in [2.24, 2.45) is 0 Å². The van der Waals surface area contributed by atoms with Crippen LogP contribution in [0.15, 0.2) is 42.7 Å². The third-order valence-corrected chi connectivity index (χ3v) is 2.31. The van der Waals surface area contributed by atoms with E-state index < -0.39 is 0 Å². The molecule has 2 aromatic heterocycles. The molecule has 2 N–H and O–H groups in total. The number of aromatic amines is 2. The molecule has 1 aromatic carbocycles. The van der Waals surface area contributed by atoms with Crippen LogP contribution in [0.3, 0.4) is 0 Å². The summed E-state index contributed by atoms with van der Waals surface area (Å²) in [5, 5.41) is 2.27. The van der Waals surface area contributed by atoms with Crippen LogP contribution in [0.2, 0.25) is 0 Å². The normalized spacial score (nSPS) is 12.2. The summed E-state index contributed by atoms with van der Waals surface area (Å²) in [6, 6.07) is 9.84. The Morgan fingerprint density at radius 1 is 1.23 bits per heavy atom. The molecule has 62 valence electrons. The lowest BCUT2D eigenvalue weighted by atomic mass is 10.1. The number of hydrogen-bond donors (Lipinski definition) is 1. The highest BCUT2D eigenvalue weighted by Crippen LogP contribution is 2.19. The molecule has 0 atom stereocenters. The third kappa shape index (κ3) is 0.855. The quantitative estimate of drug-likeness (QED) is 0.535. The molecule has 13 heavy (non-hydrogen) atoms. The van der Waals surface area contributed by atoms with Crippen molar-refractivity contribution < 1.29 is 6.35 Å². The van der Waals surface area contributed by atoms with Crippen LogP contribution >= 0.6 is 0 Å². The first-order valence-corrected chi connectivity index (χ1v) is 4.23. The summed E-state index contributed by atoms with van der Waals surface area (Å²) in [6.07, 6.45) is 2.35. The molecule has 0 bridgehead atoms. The highest BCUT2D eigenvalue weighted by atomic mass is 14.7. The average Bonchev–Trinajstić information content (AvgIpc) is 2.65. The van der Waals surface area contributed by atoms with Gasteiger partial charge in [0.25, 0.3) is 0 Å². The van der Waals surface area contributed by atoms with Crippen LogP contribution < -0.4 is 4.98 Å². The van der Waals surface area contributed by atoms with Gasteiger partial charge in [-0.05, 0) is 24.3 Å². The van der Waals surface area contributed by atoms with Crippen molar-refractivity contribution in [1.29, 1.82) is 0 Å². The molecular formula is C11H9N2+. The Kier molecular flexibility index (Phi) is 1.03. The van der Waals surface area contributed by atoms with Crippen LogP contribution in [0.5, 0.6) is 0 Å². The first-order chi connectivity index (χ1) is 6.84. The number of benzene rings is 1. The summed E-state index contributed by atoms with van der Waals surface area (Å²) >= 11 is 0. The largest absolute Gasteiger partial charge is 0.361 e. The second kappa shape index (κ2) is 2.33. The number of hydrogen-bond acceptors (Lipinski definition) is 0. The maximum absolute atomic E-state index is 7.54. The summed E-state index contributed by atoms with van der Waals surface area (Å²) in [5.74, 6) is 0. The van der Waals surface area contributed by atoms with E-state index in [0.29, 0.717) is 6.17 Å². The third-order valence-electron chi connectivity index (χ3n) is 2.31. The Balaban J connectivity index is 2.60. The van der Waals surface area contributed by atoms with Gasteiger partial charge in [0.2, 0.25) is 5.52 Å². The lowest BCUT2D eigenvalue weighted by Gasteiger charge is -1.91. The summed E-state index contributed by atoms with van der Waals surface area (Å²) in [5.41, 5.74) is 2.12. The monoisotopic (exact) mass is 170 g/mol. The van der Waals surface area contributed by atoms with Gasteiger partial charge in [0.15, 0.2) is 6.17 Å². The van der Waals surface area contributed by atoms with Crippen LogP contribution in [0.4, 0.5) is 0 Å². The van der Waals surface area contributed by atoms with Gasteiger partial charge >= 0.3 is 0 Å². The highest BCUT2D eigenvalue weighted by Gasteiger charge is 2.04.